The van der Waals surface area contributed by atoms with Gasteiger partial charge < -0.3 is 10.1 Å². The molecule has 0 aliphatic rings. The Balaban J connectivity index is 3.22. The Kier molecular flexibility index (Phi) is 5.13. The molecule has 0 aromatic heterocycles. The molecule has 0 radical (unpaired) electrons. The Morgan fingerprint density at radius 1 is 1.30 bits per heavy atom. The van der Waals surface area contributed by atoms with E-state index < -0.39 is 10.0 Å². The van der Waals surface area contributed by atoms with E-state index in [2.05, 4.69) is 5.32 Å². The number of aryl methyl sites for hydroxylation is 2. The number of nitrogens with zero attached hydrogens (tertiary/aromatic N) is 1. The van der Waals surface area contributed by atoms with Crippen LogP contribution in [0.1, 0.15) is 11.1 Å². The Bertz CT molecular complexity index is 611. The zero-order chi connectivity index (χ0) is 15.5. The predicted molar refractivity (Wildman–Crippen MR) is 76.4 cm³/mol. The van der Waals surface area contributed by atoms with E-state index in [0.717, 1.165) is 9.87 Å². The monoisotopic (exact) mass is 300 g/mol. The quantitative estimate of drug-likeness (QED) is 0.867. The third kappa shape index (κ3) is 3.29. The van der Waals surface area contributed by atoms with Crippen molar-refractivity contribution in [1.82, 2.24) is 9.62 Å². The summed E-state index contributed by atoms with van der Waals surface area (Å²) in [6, 6.07) is 3.24. The maximum absolute atomic E-state index is 12.5. The minimum atomic E-state index is -3.71. The molecule has 6 nitrogen and oxygen atoms in total. The first kappa shape index (κ1) is 16.5. The molecule has 0 aliphatic carbocycles. The highest BCUT2D eigenvalue weighted by Gasteiger charge is 2.25. The molecule has 0 heterocycles. The highest BCUT2D eigenvalue weighted by molar-refractivity contribution is 7.89. The van der Waals surface area contributed by atoms with Gasteiger partial charge in [0.05, 0.1) is 18.6 Å². The number of hydrogen-bond donors (Lipinski definition) is 1. The van der Waals surface area contributed by atoms with Crippen LogP contribution >= 0.6 is 0 Å². The van der Waals surface area contributed by atoms with Crippen LogP contribution in [0.5, 0.6) is 5.75 Å². The Morgan fingerprint density at radius 3 is 2.40 bits per heavy atom. The molecule has 20 heavy (non-hydrogen) atoms. The summed E-state index contributed by atoms with van der Waals surface area (Å²) < 4.78 is 31.1. The third-order valence-electron chi connectivity index (χ3n) is 3.03. The summed E-state index contributed by atoms with van der Waals surface area (Å²) in [6.45, 7) is 3.25. The maximum atomic E-state index is 12.5. The molecular weight excluding hydrogens is 280 g/mol. The number of ether oxygens (including phenoxy) is 1. The normalized spacial score (nSPS) is 11.5. The van der Waals surface area contributed by atoms with Crippen molar-refractivity contribution in [3.8, 4) is 5.75 Å². The van der Waals surface area contributed by atoms with Crippen LogP contribution < -0.4 is 10.1 Å². The summed E-state index contributed by atoms with van der Waals surface area (Å²) in [6.07, 6.45) is 0. The van der Waals surface area contributed by atoms with E-state index in [1.807, 2.05) is 0 Å². The van der Waals surface area contributed by atoms with Gasteiger partial charge in [-0.15, -0.1) is 0 Å². The fourth-order valence-electron chi connectivity index (χ4n) is 1.80. The van der Waals surface area contributed by atoms with Gasteiger partial charge in [-0.05, 0) is 37.1 Å². The summed E-state index contributed by atoms with van der Waals surface area (Å²) in [5.74, 6) is 0.273. The molecule has 0 unspecified atom stereocenters. The second kappa shape index (κ2) is 6.23. The van der Waals surface area contributed by atoms with Crippen LogP contribution in [0.25, 0.3) is 0 Å². The first-order valence-corrected chi connectivity index (χ1v) is 7.50. The van der Waals surface area contributed by atoms with Crippen molar-refractivity contribution >= 4 is 15.9 Å². The van der Waals surface area contributed by atoms with E-state index in [4.69, 9.17) is 4.74 Å². The van der Waals surface area contributed by atoms with Gasteiger partial charge in [0, 0.05) is 14.1 Å². The Hall–Kier alpha value is -1.60. The zero-order valence-electron chi connectivity index (χ0n) is 12.4. The largest absolute Gasteiger partial charge is 0.496 e. The zero-order valence-corrected chi connectivity index (χ0v) is 13.2. The molecule has 0 bridgehead atoms. The number of carbonyl (C=O) groups excluding carboxylic acids is 1. The van der Waals surface area contributed by atoms with Crippen LogP contribution in [-0.4, -0.2) is 46.4 Å². The Morgan fingerprint density at radius 2 is 1.90 bits per heavy atom. The summed E-state index contributed by atoms with van der Waals surface area (Å²) in [4.78, 5) is 11.5. The van der Waals surface area contributed by atoms with Gasteiger partial charge in [0.1, 0.15) is 5.75 Å². The number of sulfonamides is 1. The lowest BCUT2D eigenvalue weighted by molar-refractivity contribution is -0.120. The van der Waals surface area contributed by atoms with Gasteiger partial charge in [0.2, 0.25) is 15.9 Å². The van der Waals surface area contributed by atoms with Gasteiger partial charge in [-0.1, -0.05) is 0 Å². The summed E-state index contributed by atoms with van der Waals surface area (Å²) in [5, 5.41) is 2.40. The number of methoxy groups -OCH3 is 1. The van der Waals surface area contributed by atoms with Crippen molar-refractivity contribution in [2.45, 2.75) is 18.7 Å². The number of carbonyl (C=O) groups is 1. The second-order valence-corrected chi connectivity index (χ2v) is 6.53. The highest BCUT2D eigenvalue weighted by atomic mass is 32.2. The summed E-state index contributed by atoms with van der Waals surface area (Å²) >= 11 is 0. The molecule has 0 saturated carbocycles. The average Bonchev–Trinajstić information content (AvgIpc) is 2.40. The van der Waals surface area contributed by atoms with Gasteiger partial charge in [-0.25, -0.2) is 8.42 Å². The number of rotatable bonds is 5. The van der Waals surface area contributed by atoms with E-state index >= 15 is 0 Å². The number of likely N-dealkylation sites (N-methyl/N-ethyl adjacent to an activating group) is 2. The molecule has 0 fully saturated rings. The molecule has 1 aromatic carbocycles. The molecule has 1 N–H and O–H groups in total. The predicted octanol–water partition coefficient (Wildman–Crippen LogP) is 0.679. The summed E-state index contributed by atoms with van der Waals surface area (Å²) in [5.41, 5.74) is 1.31. The number of benzene rings is 1. The highest BCUT2D eigenvalue weighted by Crippen LogP contribution is 2.27. The average molecular weight is 300 g/mol. The molecule has 7 heteroatoms. The van der Waals surface area contributed by atoms with Gasteiger partial charge >= 0.3 is 0 Å². The minimum absolute atomic E-state index is 0.183. The summed E-state index contributed by atoms with van der Waals surface area (Å²) in [7, 11) is 0.672. The van der Waals surface area contributed by atoms with Crippen LogP contribution in [0.15, 0.2) is 17.0 Å². The van der Waals surface area contributed by atoms with Gasteiger partial charge in [0.25, 0.3) is 0 Å². The molecular formula is C13H20N2O4S. The first-order chi connectivity index (χ1) is 9.23. The fourth-order valence-corrected chi connectivity index (χ4v) is 3.21. The Labute approximate surface area is 119 Å². The number of nitrogens with one attached hydrogen (secondary N) is 1. The topological polar surface area (TPSA) is 75.7 Å². The molecule has 1 rings (SSSR count). The number of amides is 1. The standard InChI is InChI=1S/C13H20N2O4S/c1-9-7-12(10(2)6-11(9)19-5)20(17,18)15(4)8-13(16)14-3/h6-7H,8H2,1-5H3,(H,14,16). The fraction of sp³-hybridized carbons (Fsp3) is 0.462. The van der Waals surface area contributed by atoms with Crippen LogP contribution in [0.3, 0.4) is 0 Å². The molecule has 1 amide bonds. The van der Waals surface area contributed by atoms with E-state index in [1.165, 1.54) is 21.2 Å². The van der Waals surface area contributed by atoms with Crippen molar-refractivity contribution in [3.05, 3.63) is 23.3 Å². The van der Waals surface area contributed by atoms with E-state index in [-0.39, 0.29) is 17.3 Å². The molecule has 0 spiro atoms. The van der Waals surface area contributed by atoms with Crippen molar-refractivity contribution in [2.75, 3.05) is 27.7 Å². The van der Waals surface area contributed by atoms with Crippen molar-refractivity contribution in [1.29, 1.82) is 0 Å². The van der Waals surface area contributed by atoms with E-state index in [0.29, 0.717) is 11.3 Å². The molecule has 1 aromatic rings. The van der Waals surface area contributed by atoms with Crippen molar-refractivity contribution in [3.63, 3.8) is 0 Å². The van der Waals surface area contributed by atoms with Crippen LogP contribution in [0, 0.1) is 13.8 Å². The minimum Gasteiger partial charge on any atom is -0.496 e. The molecule has 0 saturated heterocycles. The van der Waals surface area contributed by atoms with Crippen molar-refractivity contribution in [2.24, 2.45) is 0 Å². The number of hydrogen-bond acceptors (Lipinski definition) is 4. The smallest absolute Gasteiger partial charge is 0.243 e. The van der Waals surface area contributed by atoms with Gasteiger partial charge in [-0.3, -0.25) is 4.79 Å². The van der Waals surface area contributed by atoms with Gasteiger partial charge in [0.15, 0.2) is 0 Å². The first-order valence-electron chi connectivity index (χ1n) is 6.06. The van der Waals surface area contributed by atoms with Crippen LogP contribution in [-0.2, 0) is 14.8 Å². The molecule has 0 aliphatic heterocycles. The second-order valence-electron chi connectivity index (χ2n) is 4.52. The molecule has 0 atom stereocenters. The lowest BCUT2D eigenvalue weighted by Crippen LogP contribution is -2.37. The lowest BCUT2D eigenvalue weighted by Gasteiger charge is -2.19. The lowest BCUT2D eigenvalue weighted by atomic mass is 10.1. The van der Waals surface area contributed by atoms with E-state index in [1.54, 1.807) is 26.0 Å². The maximum Gasteiger partial charge on any atom is 0.243 e. The third-order valence-corrected chi connectivity index (χ3v) is 4.97. The SMILES string of the molecule is CNC(=O)CN(C)S(=O)(=O)c1cc(C)c(OC)cc1C. The molecule has 112 valence electrons. The van der Waals surface area contributed by atoms with Crippen molar-refractivity contribution < 1.29 is 17.9 Å². The van der Waals surface area contributed by atoms with Crippen LogP contribution in [0.4, 0.5) is 0 Å². The van der Waals surface area contributed by atoms with E-state index in [9.17, 15) is 13.2 Å². The van der Waals surface area contributed by atoms with Crippen LogP contribution in [0.2, 0.25) is 0 Å². The van der Waals surface area contributed by atoms with Gasteiger partial charge in [-0.2, -0.15) is 4.31 Å².